The van der Waals surface area contributed by atoms with Crippen LogP contribution >= 0.6 is 0 Å². The van der Waals surface area contributed by atoms with Gasteiger partial charge in [-0.1, -0.05) is 36.4 Å². The van der Waals surface area contributed by atoms with E-state index in [1.807, 2.05) is 29.7 Å². The molecule has 2 heterocycles. The van der Waals surface area contributed by atoms with Gasteiger partial charge in [0.2, 0.25) is 0 Å². The van der Waals surface area contributed by atoms with Crippen molar-refractivity contribution in [3.63, 3.8) is 0 Å². The lowest BCUT2D eigenvalue weighted by atomic mass is 9.77. The predicted molar refractivity (Wildman–Crippen MR) is 149 cm³/mol. The molecule has 0 spiro atoms. The molecule has 0 radical (unpaired) electrons. The summed E-state index contributed by atoms with van der Waals surface area (Å²) in [6.45, 7) is 4.30. The molecule has 5 rings (SSSR count). The van der Waals surface area contributed by atoms with Crippen LogP contribution in [0.2, 0.25) is 0 Å². The molecule has 0 unspecified atom stereocenters. The van der Waals surface area contributed by atoms with Crippen LogP contribution in [0.1, 0.15) is 72.1 Å². The Morgan fingerprint density at radius 3 is 2.46 bits per heavy atom. The van der Waals surface area contributed by atoms with Crippen molar-refractivity contribution in [3.05, 3.63) is 95.2 Å². The van der Waals surface area contributed by atoms with Gasteiger partial charge in [-0.2, -0.15) is 0 Å². The van der Waals surface area contributed by atoms with E-state index in [1.54, 1.807) is 25.3 Å². The van der Waals surface area contributed by atoms with E-state index in [2.05, 4.69) is 34.6 Å². The summed E-state index contributed by atoms with van der Waals surface area (Å²) in [5.74, 6) is 0.344. The van der Waals surface area contributed by atoms with Gasteiger partial charge in [-0.3, -0.25) is 9.59 Å². The van der Waals surface area contributed by atoms with Gasteiger partial charge < -0.3 is 14.5 Å². The molecular weight excluding hydrogens is 493 g/mol. The number of aromatic nitrogens is 2. The second-order valence-electron chi connectivity index (χ2n) is 10.4. The molecule has 0 bridgehead atoms. The van der Waals surface area contributed by atoms with E-state index >= 15 is 0 Å². The molecular formula is C32H34FN3O3. The number of benzene rings is 2. The van der Waals surface area contributed by atoms with Crippen molar-refractivity contribution >= 4 is 17.5 Å². The van der Waals surface area contributed by atoms with Crippen LogP contribution in [0.15, 0.2) is 67.0 Å². The van der Waals surface area contributed by atoms with E-state index in [4.69, 9.17) is 4.74 Å². The third kappa shape index (κ3) is 6.36. The molecule has 1 amide bonds. The molecule has 4 aromatic rings. The van der Waals surface area contributed by atoms with Crippen molar-refractivity contribution in [2.24, 2.45) is 5.92 Å². The zero-order valence-corrected chi connectivity index (χ0v) is 22.5. The number of imidazole rings is 1. The number of carbonyl (C=O) groups is 2. The number of ether oxygens (including phenoxy) is 1. The predicted octanol–water partition coefficient (Wildman–Crippen LogP) is 6.61. The fourth-order valence-electron chi connectivity index (χ4n) is 5.46. The molecule has 0 atom stereocenters. The summed E-state index contributed by atoms with van der Waals surface area (Å²) >= 11 is 0. The van der Waals surface area contributed by atoms with Crippen LogP contribution in [0.25, 0.3) is 16.8 Å². The van der Waals surface area contributed by atoms with Crippen LogP contribution < -0.4 is 5.32 Å². The van der Waals surface area contributed by atoms with Crippen molar-refractivity contribution in [1.29, 1.82) is 0 Å². The van der Waals surface area contributed by atoms with Crippen molar-refractivity contribution in [2.75, 3.05) is 6.61 Å². The first-order valence-corrected chi connectivity index (χ1v) is 13.7. The van der Waals surface area contributed by atoms with Gasteiger partial charge in [0, 0.05) is 25.4 Å². The lowest BCUT2D eigenvalue weighted by Gasteiger charge is -2.28. The lowest BCUT2D eigenvalue weighted by Crippen LogP contribution is -2.23. The molecule has 2 aromatic carbocycles. The Kier molecular flexibility index (Phi) is 8.05. The zero-order valence-electron chi connectivity index (χ0n) is 22.5. The lowest BCUT2D eigenvalue weighted by molar-refractivity contribution is -0.144. The summed E-state index contributed by atoms with van der Waals surface area (Å²) in [5, 5.41) is 2.86. The van der Waals surface area contributed by atoms with Gasteiger partial charge in [0.05, 0.1) is 6.61 Å². The highest BCUT2D eigenvalue weighted by atomic mass is 19.1. The van der Waals surface area contributed by atoms with Gasteiger partial charge in [-0.05, 0) is 97.4 Å². The van der Waals surface area contributed by atoms with Gasteiger partial charge in [0.1, 0.15) is 17.2 Å². The quantitative estimate of drug-likeness (QED) is 0.262. The number of carbonyl (C=O) groups excluding carboxylic acids is 2. The number of nitrogens with zero attached hydrogens (tertiary/aromatic N) is 2. The Balaban J connectivity index is 1.20. The minimum Gasteiger partial charge on any atom is -0.466 e. The normalized spacial score (nSPS) is 17.2. The van der Waals surface area contributed by atoms with Crippen molar-refractivity contribution in [1.82, 2.24) is 14.7 Å². The van der Waals surface area contributed by atoms with Crippen molar-refractivity contribution < 1.29 is 18.7 Å². The zero-order chi connectivity index (χ0) is 27.4. The summed E-state index contributed by atoms with van der Waals surface area (Å²) in [6.07, 6.45) is 8.55. The van der Waals surface area contributed by atoms with E-state index < -0.39 is 0 Å². The first-order chi connectivity index (χ1) is 18.9. The molecule has 1 saturated carbocycles. The standard InChI is InChI=1S/C32H34FN3O3/c1-3-39-31(37)17-22-4-7-24(8-5-22)25-9-11-26(12-10-25)27-13-15-30-35-29(20-36(30)19-27)32(38)34-18-23-6-14-28(33)21(2)16-23/h6,9-16,19-20,22,24H,3-5,7-8,17-18H2,1-2H3,(H,34,38). The topological polar surface area (TPSA) is 72.7 Å². The number of aryl methyl sites for hydroxylation is 1. The van der Waals surface area contributed by atoms with Crippen LogP contribution in [0, 0.1) is 18.7 Å². The van der Waals surface area contributed by atoms with Gasteiger partial charge in [-0.25, -0.2) is 9.37 Å². The number of fused-ring (bicyclic) bond motifs is 1. The molecule has 1 aliphatic rings. The first kappa shape index (κ1) is 26.6. The summed E-state index contributed by atoms with van der Waals surface area (Å²) in [5.41, 5.74) is 5.89. The average molecular weight is 528 g/mol. The number of amides is 1. The minimum atomic E-state index is -0.274. The maximum Gasteiger partial charge on any atom is 0.306 e. The second-order valence-corrected chi connectivity index (χ2v) is 10.4. The molecule has 202 valence electrons. The third-order valence-electron chi connectivity index (χ3n) is 7.68. The highest BCUT2D eigenvalue weighted by Gasteiger charge is 2.24. The summed E-state index contributed by atoms with van der Waals surface area (Å²) in [6, 6.07) is 17.4. The smallest absolute Gasteiger partial charge is 0.306 e. The summed E-state index contributed by atoms with van der Waals surface area (Å²) < 4.78 is 20.5. The van der Waals surface area contributed by atoms with Crippen LogP contribution in [-0.4, -0.2) is 27.9 Å². The highest BCUT2D eigenvalue weighted by molar-refractivity contribution is 5.92. The second kappa shape index (κ2) is 11.8. The number of esters is 1. The molecule has 1 aliphatic carbocycles. The highest BCUT2D eigenvalue weighted by Crippen LogP contribution is 2.37. The Morgan fingerprint density at radius 1 is 1.00 bits per heavy atom. The van der Waals surface area contributed by atoms with Gasteiger partial charge in [0.25, 0.3) is 5.91 Å². The Labute approximate surface area is 228 Å². The maximum absolute atomic E-state index is 13.5. The van der Waals surface area contributed by atoms with Gasteiger partial charge in [0.15, 0.2) is 0 Å². The van der Waals surface area contributed by atoms with Crippen LogP contribution in [0.5, 0.6) is 0 Å². The fraction of sp³-hybridized carbons (Fsp3) is 0.344. The van der Waals surface area contributed by atoms with E-state index in [0.29, 0.717) is 48.3 Å². The average Bonchev–Trinajstić information content (AvgIpc) is 3.38. The van der Waals surface area contributed by atoms with E-state index in [1.165, 1.54) is 11.6 Å². The molecule has 1 fully saturated rings. The molecule has 7 heteroatoms. The number of halogens is 1. The number of hydrogen-bond acceptors (Lipinski definition) is 4. The molecule has 1 N–H and O–H groups in total. The monoisotopic (exact) mass is 527 g/mol. The number of pyridine rings is 1. The number of rotatable bonds is 8. The van der Waals surface area contributed by atoms with Gasteiger partial charge in [-0.15, -0.1) is 0 Å². The largest absolute Gasteiger partial charge is 0.466 e. The maximum atomic E-state index is 13.5. The van der Waals surface area contributed by atoms with E-state index in [0.717, 1.165) is 42.4 Å². The van der Waals surface area contributed by atoms with Crippen LogP contribution in [-0.2, 0) is 16.1 Å². The summed E-state index contributed by atoms with van der Waals surface area (Å²) in [7, 11) is 0. The number of nitrogens with one attached hydrogen (secondary N) is 1. The molecule has 6 nitrogen and oxygen atoms in total. The fourth-order valence-corrected chi connectivity index (χ4v) is 5.46. The summed E-state index contributed by atoms with van der Waals surface area (Å²) in [4.78, 5) is 29.0. The minimum absolute atomic E-state index is 0.0759. The Morgan fingerprint density at radius 2 is 1.74 bits per heavy atom. The van der Waals surface area contributed by atoms with Crippen LogP contribution in [0.4, 0.5) is 4.39 Å². The van der Waals surface area contributed by atoms with Gasteiger partial charge >= 0.3 is 5.97 Å². The SMILES string of the molecule is CCOC(=O)CC1CCC(c2ccc(-c3ccc4nc(C(=O)NCc5ccc(F)c(C)c5)cn4c3)cc2)CC1. The Hall–Kier alpha value is -4.00. The van der Waals surface area contributed by atoms with Crippen molar-refractivity contribution in [3.8, 4) is 11.1 Å². The van der Waals surface area contributed by atoms with Crippen LogP contribution in [0.3, 0.4) is 0 Å². The Bertz CT molecular complexity index is 1470. The first-order valence-electron chi connectivity index (χ1n) is 13.7. The third-order valence-corrected chi connectivity index (χ3v) is 7.68. The molecule has 39 heavy (non-hydrogen) atoms. The van der Waals surface area contributed by atoms with Crippen molar-refractivity contribution in [2.45, 2.75) is 58.4 Å². The van der Waals surface area contributed by atoms with E-state index in [9.17, 15) is 14.0 Å². The molecule has 0 saturated heterocycles. The van der Waals surface area contributed by atoms with E-state index in [-0.39, 0.29) is 17.7 Å². The molecule has 2 aromatic heterocycles. The number of hydrogen-bond donors (Lipinski definition) is 1. The molecule has 0 aliphatic heterocycles.